The minimum atomic E-state index is -4.50. The number of hydrogen-bond acceptors (Lipinski definition) is 4. The standard InChI is InChI=1S/C25H20F3N3O3S/c26-25(27,28)18-5-3-4-17(14-18)23-15-21(20-6-1-2-7-22(20)31-23)24(32)30-13-12-16-8-10-19(11-9-16)35(29,33)34/h1-11,14-15H,12-13H2,(H,30,32)(H2,29,33,34). The molecule has 1 aromatic heterocycles. The Morgan fingerprint density at radius 3 is 2.34 bits per heavy atom. The van der Waals surface area contributed by atoms with Gasteiger partial charge in [-0.1, -0.05) is 42.5 Å². The molecule has 0 aliphatic carbocycles. The first-order chi connectivity index (χ1) is 16.5. The van der Waals surface area contributed by atoms with Gasteiger partial charge in [-0.15, -0.1) is 0 Å². The van der Waals surface area contributed by atoms with Crippen molar-refractivity contribution >= 4 is 26.8 Å². The van der Waals surface area contributed by atoms with E-state index in [-0.39, 0.29) is 28.3 Å². The number of rotatable bonds is 6. The minimum absolute atomic E-state index is 0.00402. The van der Waals surface area contributed by atoms with Crippen LogP contribution in [0, 0.1) is 0 Å². The molecule has 10 heteroatoms. The number of para-hydroxylation sites is 1. The molecule has 0 radical (unpaired) electrons. The molecule has 0 aliphatic rings. The topological polar surface area (TPSA) is 102 Å². The number of primary sulfonamides is 1. The van der Waals surface area contributed by atoms with Crippen molar-refractivity contribution in [3.05, 3.63) is 95.6 Å². The number of nitrogens with two attached hydrogens (primary N) is 1. The van der Waals surface area contributed by atoms with Crippen molar-refractivity contribution in [3.63, 3.8) is 0 Å². The fraction of sp³-hybridized carbons (Fsp3) is 0.120. The van der Waals surface area contributed by atoms with Gasteiger partial charge in [-0.05, 0) is 48.4 Å². The van der Waals surface area contributed by atoms with Crippen LogP contribution in [-0.2, 0) is 22.6 Å². The second-order valence-corrected chi connectivity index (χ2v) is 9.41. The molecule has 4 rings (SSSR count). The fourth-order valence-electron chi connectivity index (χ4n) is 3.63. The third-order valence-corrected chi connectivity index (χ3v) is 6.33. The predicted octanol–water partition coefficient (Wildman–Crippen LogP) is 4.54. The van der Waals surface area contributed by atoms with Gasteiger partial charge in [0.15, 0.2) is 0 Å². The van der Waals surface area contributed by atoms with Crippen LogP contribution in [0.15, 0.2) is 83.8 Å². The molecule has 0 atom stereocenters. The molecule has 1 heterocycles. The summed E-state index contributed by atoms with van der Waals surface area (Å²) in [5.74, 6) is -0.405. The Balaban J connectivity index is 1.58. The van der Waals surface area contributed by atoms with Crippen LogP contribution in [0.5, 0.6) is 0 Å². The molecule has 1 amide bonds. The van der Waals surface area contributed by atoms with Gasteiger partial charge >= 0.3 is 6.18 Å². The summed E-state index contributed by atoms with van der Waals surface area (Å²) in [6.07, 6.45) is -4.07. The van der Waals surface area contributed by atoms with E-state index in [0.717, 1.165) is 17.7 Å². The quantitative estimate of drug-likeness (QED) is 0.407. The zero-order chi connectivity index (χ0) is 25.2. The number of nitrogens with one attached hydrogen (secondary N) is 1. The number of fused-ring (bicyclic) bond motifs is 1. The molecule has 3 aromatic carbocycles. The normalized spacial score (nSPS) is 12.0. The number of halogens is 3. The lowest BCUT2D eigenvalue weighted by Crippen LogP contribution is -2.26. The number of benzene rings is 3. The molecule has 0 bridgehead atoms. The van der Waals surface area contributed by atoms with Gasteiger partial charge in [0.1, 0.15) is 0 Å². The average Bonchev–Trinajstić information content (AvgIpc) is 2.82. The van der Waals surface area contributed by atoms with Crippen molar-refractivity contribution in [1.82, 2.24) is 10.3 Å². The van der Waals surface area contributed by atoms with Crippen LogP contribution in [0.1, 0.15) is 21.5 Å². The first-order valence-corrected chi connectivity index (χ1v) is 12.0. The Labute approximate surface area is 199 Å². The van der Waals surface area contributed by atoms with Gasteiger partial charge in [0.2, 0.25) is 10.0 Å². The van der Waals surface area contributed by atoms with E-state index < -0.39 is 27.7 Å². The van der Waals surface area contributed by atoms with Crippen LogP contribution in [0.4, 0.5) is 13.2 Å². The molecular weight excluding hydrogens is 479 g/mol. The third kappa shape index (κ3) is 5.67. The number of alkyl halides is 3. The molecule has 0 saturated carbocycles. The zero-order valence-corrected chi connectivity index (χ0v) is 19.0. The molecule has 0 fully saturated rings. The lowest BCUT2D eigenvalue weighted by molar-refractivity contribution is -0.137. The molecule has 4 aromatic rings. The molecule has 0 spiro atoms. The summed E-state index contributed by atoms with van der Waals surface area (Å²) in [5, 5.41) is 8.47. The van der Waals surface area contributed by atoms with Gasteiger partial charge in [-0.2, -0.15) is 13.2 Å². The summed E-state index contributed by atoms with van der Waals surface area (Å²) >= 11 is 0. The zero-order valence-electron chi connectivity index (χ0n) is 18.2. The summed E-state index contributed by atoms with van der Waals surface area (Å²) in [7, 11) is -3.79. The number of carbonyl (C=O) groups is 1. The summed E-state index contributed by atoms with van der Waals surface area (Å²) < 4.78 is 62.3. The Hall–Kier alpha value is -3.76. The SMILES string of the molecule is NS(=O)(=O)c1ccc(CCNC(=O)c2cc(-c3cccc(C(F)(F)F)c3)nc3ccccc23)cc1. The van der Waals surface area contributed by atoms with Crippen molar-refractivity contribution in [1.29, 1.82) is 0 Å². The maximum Gasteiger partial charge on any atom is 0.416 e. The van der Waals surface area contributed by atoms with Gasteiger partial charge in [-0.25, -0.2) is 18.5 Å². The van der Waals surface area contributed by atoms with E-state index in [0.29, 0.717) is 17.3 Å². The smallest absolute Gasteiger partial charge is 0.352 e. The van der Waals surface area contributed by atoms with Gasteiger partial charge < -0.3 is 5.32 Å². The van der Waals surface area contributed by atoms with Crippen LogP contribution >= 0.6 is 0 Å². The number of sulfonamides is 1. The van der Waals surface area contributed by atoms with Crippen molar-refractivity contribution in [2.45, 2.75) is 17.5 Å². The number of aromatic nitrogens is 1. The van der Waals surface area contributed by atoms with E-state index in [1.807, 2.05) is 0 Å². The second-order valence-electron chi connectivity index (χ2n) is 7.85. The highest BCUT2D eigenvalue weighted by molar-refractivity contribution is 7.89. The van der Waals surface area contributed by atoms with Gasteiger partial charge in [-0.3, -0.25) is 4.79 Å². The summed E-state index contributed by atoms with van der Waals surface area (Å²) in [6, 6.07) is 19.2. The van der Waals surface area contributed by atoms with Crippen LogP contribution in [-0.4, -0.2) is 25.9 Å². The highest BCUT2D eigenvalue weighted by atomic mass is 32.2. The first-order valence-electron chi connectivity index (χ1n) is 10.5. The van der Waals surface area contributed by atoms with E-state index in [1.54, 1.807) is 36.4 Å². The molecule has 35 heavy (non-hydrogen) atoms. The number of hydrogen-bond donors (Lipinski definition) is 2. The summed E-state index contributed by atoms with van der Waals surface area (Å²) in [5.41, 5.74) is 1.25. The molecule has 180 valence electrons. The predicted molar refractivity (Wildman–Crippen MR) is 126 cm³/mol. The summed E-state index contributed by atoms with van der Waals surface area (Å²) in [6.45, 7) is 0.253. The van der Waals surface area contributed by atoms with Gasteiger partial charge in [0, 0.05) is 17.5 Å². The molecule has 0 unspecified atom stereocenters. The highest BCUT2D eigenvalue weighted by Gasteiger charge is 2.30. The van der Waals surface area contributed by atoms with E-state index >= 15 is 0 Å². The first kappa shape index (κ1) is 24.4. The van der Waals surface area contributed by atoms with Crippen molar-refractivity contribution in [3.8, 4) is 11.3 Å². The van der Waals surface area contributed by atoms with E-state index in [1.165, 1.54) is 30.3 Å². The number of pyridine rings is 1. The van der Waals surface area contributed by atoms with Gasteiger partial charge in [0.05, 0.1) is 27.2 Å². The van der Waals surface area contributed by atoms with Gasteiger partial charge in [0.25, 0.3) is 5.91 Å². The maximum absolute atomic E-state index is 13.2. The Kier molecular flexibility index (Phi) is 6.60. The van der Waals surface area contributed by atoms with E-state index in [4.69, 9.17) is 5.14 Å². The average molecular weight is 500 g/mol. The van der Waals surface area contributed by atoms with Crippen LogP contribution < -0.4 is 10.5 Å². The van der Waals surface area contributed by atoms with Crippen LogP contribution in [0.25, 0.3) is 22.2 Å². The van der Waals surface area contributed by atoms with Crippen LogP contribution in [0.3, 0.4) is 0 Å². The molecule has 3 N–H and O–H groups in total. The Bertz CT molecular complexity index is 1500. The molecule has 6 nitrogen and oxygen atoms in total. The Morgan fingerprint density at radius 2 is 1.66 bits per heavy atom. The van der Waals surface area contributed by atoms with E-state index in [2.05, 4.69) is 10.3 Å². The van der Waals surface area contributed by atoms with E-state index in [9.17, 15) is 26.4 Å². The number of nitrogens with zero attached hydrogens (tertiary/aromatic N) is 1. The van der Waals surface area contributed by atoms with Crippen molar-refractivity contribution in [2.75, 3.05) is 6.54 Å². The molecular formula is C25H20F3N3O3S. The van der Waals surface area contributed by atoms with Crippen molar-refractivity contribution < 1.29 is 26.4 Å². The van der Waals surface area contributed by atoms with Crippen molar-refractivity contribution in [2.24, 2.45) is 5.14 Å². The largest absolute Gasteiger partial charge is 0.416 e. The number of amides is 1. The molecule has 0 saturated heterocycles. The monoisotopic (exact) mass is 499 g/mol. The van der Waals surface area contributed by atoms with Crippen LogP contribution in [0.2, 0.25) is 0 Å². The third-order valence-electron chi connectivity index (χ3n) is 5.40. The maximum atomic E-state index is 13.2. The fourth-order valence-corrected chi connectivity index (χ4v) is 4.14. The Morgan fingerprint density at radius 1 is 0.943 bits per heavy atom. The second kappa shape index (κ2) is 9.47. The highest BCUT2D eigenvalue weighted by Crippen LogP contribution is 2.32. The lowest BCUT2D eigenvalue weighted by atomic mass is 10.0. The lowest BCUT2D eigenvalue weighted by Gasteiger charge is -2.12. The summed E-state index contributed by atoms with van der Waals surface area (Å²) in [4.78, 5) is 17.5. The number of carbonyl (C=O) groups excluding carboxylic acids is 1. The minimum Gasteiger partial charge on any atom is -0.352 e. The molecule has 0 aliphatic heterocycles.